The quantitative estimate of drug-likeness (QED) is 0.690. The largest absolute Gasteiger partial charge is 0.317 e. The number of aliphatic imine (C=N–C) groups is 1. The molecule has 0 bridgehead atoms. The number of hydrogen-bond acceptors (Lipinski definition) is 3. The summed E-state index contributed by atoms with van der Waals surface area (Å²) in [5.74, 6) is -0.123. The van der Waals surface area contributed by atoms with Crippen molar-refractivity contribution in [2.24, 2.45) is 4.99 Å². The van der Waals surface area contributed by atoms with Crippen molar-refractivity contribution in [1.29, 1.82) is 0 Å². The molecular weight excluding hydrogens is 342 g/mol. The van der Waals surface area contributed by atoms with Gasteiger partial charge < -0.3 is 9.88 Å². The lowest BCUT2D eigenvalue weighted by Gasteiger charge is -2.06. The molecule has 1 amide bonds. The van der Waals surface area contributed by atoms with Gasteiger partial charge in [-0.2, -0.15) is 0 Å². The molecule has 1 aromatic heterocycles. The van der Waals surface area contributed by atoms with Crippen LogP contribution >= 0.6 is 11.8 Å². The lowest BCUT2D eigenvalue weighted by molar-refractivity contribution is -0.115. The Labute approximate surface area is 156 Å². The fourth-order valence-corrected chi connectivity index (χ4v) is 3.51. The second-order valence-electron chi connectivity index (χ2n) is 5.96. The number of nitrogens with one attached hydrogen (secondary N) is 1. The Morgan fingerprint density at radius 2 is 1.77 bits per heavy atom. The average Bonchev–Trinajstić information content (AvgIpc) is 3.25. The molecule has 128 valence electrons. The number of hydrogen-bond donors (Lipinski definition) is 1. The molecule has 1 N–H and O–H groups in total. The van der Waals surface area contributed by atoms with Gasteiger partial charge in [0.05, 0.1) is 10.6 Å². The summed E-state index contributed by atoms with van der Waals surface area (Å²) in [4.78, 5) is 17.5. The van der Waals surface area contributed by atoms with E-state index in [1.54, 1.807) is 0 Å². The number of nitrogens with zero attached hydrogens (tertiary/aromatic N) is 2. The lowest BCUT2D eigenvalue weighted by Crippen LogP contribution is -2.19. The van der Waals surface area contributed by atoms with Crippen molar-refractivity contribution >= 4 is 34.6 Å². The number of carbonyl (C=O) groups excluding carboxylic acids is 1. The number of amidine groups is 1. The molecule has 4 rings (SSSR count). The number of aromatic nitrogens is 1. The Balaban J connectivity index is 1.60. The Kier molecular flexibility index (Phi) is 4.46. The number of aryl methyl sites for hydroxylation is 1. The predicted molar refractivity (Wildman–Crippen MR) is 108 cm³/mol. The maximum absolute atomic E-state index is 12.3. The van der Waals surface area contributed by atoms with Crippen LogP contribution < -0.4 is 5.32 Å². The fourth-order valence-electron chi connectivity index (χ4n) is 2.69. The van der Waals surface area contributed by atoms with Crippen molar-refractivity contribution in [3.8, 4) is 5.69 Å². The first-order valence-corrected chi connectivity index (χ1v) is 9.10. The van der Waals surface area contributed by atoms with Gasteiger partial charge in [0, 0.05) is 17.6 Å². The zero-order valence-corrected chi connectivity index (χ0v) is 15.0. The first-order valence-electron chi connectivity index (χ1n) is 8.28. The maximum atomic E-state index is 12.3. The van der Waals surface area contributed by atoms with E-state index in [-0.39, 0.29) is 5.91 Å². The summed E-state index contributed by atoms with van der Waals surface area (Å²) in [6, 6.07) is 21.9. The Hall–Kier alpha value is -3.05. The highest BCUT2D eigenvalue weighted by atomic mass is 32.2. The van der Waals surface area contributed by atoms with E-state index in [9.17, 15) is 4.79 Å². The van der Waals surface area contributed by atoms with Crippen LogP contribution in [-0.2, 0) is 4.79 Å². The third-order valence-electron chi connectivity index (χ3n) is 4.01. The Morgan fingerprint density at radius 3 is 2.54 bits per heavy atom. The standard InChI is InChI=1S/C21H17N3OS/c1-15-9-11-16(12-10-15)22-21-23-20(25)19(26-21)14-18-8-5-13-24(18)17-6-3-2-4-7-17/h2-14H,1H3,(H,22,23,25)/b19-14+. The van der Waals surface area contributed by atoms with Gasteiger partial charge >= 0.3 is 0 Å². The van der Waals surface area contributed by atoms with E-state index in [0.29, 0.717) is 10.1 Å². The summed E-state index contributed by atoms with van der Waals surface area (Å²) in [6.07, 6.45) is 3.88. The van der Waals surface area contributed by atoms with Crippen LogP contribution in [0.4, 0.5) is 5.69 Å². The maximum Gasteiger partial charge on any atom is 0.264 e. The van der Waals surface area contributed by atoms with Crippen LogP contribution in [0.15, 0.2) is 82.8 Å². The van der Waals surface area contributed by atoms with Crippen molar-refractivity contribution < 1.29 is 4.79 Å². The van der Waals surface area contributed by atoms with Gasteiger partial charge in [-0.25, -0.2) is 4.99 Å². The summed E-state index contributed by atoms with van der Waals surface area (Å²) in [5.41, 5.74) is 4.01. The van der Waals surface area contributed by atoms with Crippen LogP contribution in [0.3, 0.4) is 0 Å². The van der Waals surface area contributed by atoms with E-state index >= 15 is 0 Å². The summed E-state index contributed by atoms with van der Waals surface area (Å²) in [5, 5.41) is 3.44. The molecule has 0 aliphatic carbocycles. The third kappa shape index (κ3) is 3.48. The minimum atomic E-state index is -0.123. The van der Waals surface area contributed by atoms with Crippen LogP contribution in [-0.4, -0.2) is 15.6 Å². The first kappa shape index (κ1) is 16.4. The van der Waals surface area contributed by atoms with Crippen LogP contribution in [0.5, 0.6) is 0 Å². The van der Waals surface area contributed by atoms with E-state index in [1.807, 2.05) is 85.9 Å². The second kappa shape index (κ2) is 7.06. The Morgan fingerprint density at radius 1 is 1.00 bits per heavy atom. The SMILES string of the molecule is Cc1ccc(N=C2NC(=O)/C(=C\c3cccn3-c3ccccc3)S2)cc1. The van der Waals surface area contributed by atoms with Gasteiger partial charge in [-0.1, -0.05) is 35.9 Å². The number of carbonyl (C=O) groups is 1. The van der Waals surface area contributed by atoms with Crippen molar-refractivity contribution in [3.63, 3.8) is 0 Å². The van der Waals surface area contributed by atoms with Crippen LogP contribution in [0.25, 0.3) is 11.8 Å². The van der Waals surface area contributed by atoms with Crippen LogP contribution in [0.2, 0.25) is 0 Å². The van der Waals surface area contributed by atoms with E-state index in [4.69, 9.17) is 0 Å². The minimum absolute atomic E-state index is 0.123. The van der Waals surface area contributed by atoms with E-state index < -0.39 is 0 Å². The minimum Gasteiger partial charge on any atom is -0.317 e. The molecule has 0 saturated carbocycles. The number of amides is 1. The van der Waals surface area contributed by atoms with Gasteiger partial charge in [0.2, 0.25) is 0 Å². The topological polar surface area (TPSA) is 46.4 Å². The molecule has 4 nitrogen and oxygen atoms in total. The van der Waals surface area contributed by atoms with Gasteiger partial charge in [0.1, 0.15) is 0 Å². The molecule has 0 unspecified atom stereocenters. The number of para-hydroxylation sites is 1. The molecule has 1 fully saturated rings. The molecule has 1 saturated heterocycles. The number of benzene rings is 2. The smallest absolute Gasteiger partial charge is 0.264 e. The predicted octanol–water partition coefficient (Wildman–Crippen LogP) is 4.68. The van der Waals surface area contributed by atoms with Crippen molar-refractivity contribution in [2.45, 2.75) is 6.92 Å². The highest BCUT2D eigenvalue weighted by molar-refractivity contribution is 8.18. The molecule has 5 heteroatoms. The number of thioether (sulfide) groups is 1. The zero-order valence-electron chi connectivity index (χ0n) is 14.2. The van der Waals surface area contributed by atoms with Crippen molar-refractivity contribution in [1.82, 2.24) is 9.88 Å². The molecule has 1 aliphatic rings. The third-order valence-corrected chi connectivity index (χ3v) is 4.92. The van der Waals surface area contributed by atoms with Gasteiger partial charge in [-0.3, -0.25) is 4.79 Å². The normalized spacial score (nSPS) is 17.0. The summed E-state index contributed by atoms with van der Waals surface area (Å²) < 4.78 is 2.05. The molecule has 0 spiro atoms. The van der Waals surface area contributed by atoms with Crippen molar-refractivity contribution in [2.75, 3.05) is 0 Å². The van der Waals surface area contributed by atoms with Crippen LogP contribution in [0.1, 0.15) is 11.3 Å². The number of rotatable bonds is 3. The summed E-state index contributed by atoms with van der Waals surface area (Å²) in [6.45, 7) is 2.03. The van der Waals surface area contributed by atoms with Gasteiger partial charge in [0.15, 0.2) is 5.17 Å². The van der Waals surface area contributed by atoms with E-state index in [2.05, 4.69) is 14.9 Å². The van der Waals surface area contributed by atoms with Crippen molar-refractivity contribution in [3.05, 3.63) is 89.1 Å². The molecule has 1 aliphatic heterocycles. The highest BCUT2D eigenvalue weighted by Gasteiger charge is 2.24. The monoisotopic (exact) mass is 359 g/mol. The average molecular weight is 359 g/mol. The van der Waals surface area contributed by atoms with E-state index in [0.717, 1.165) is 17.1 Å². The lowest BCUT2D eigenvalue weighted by atomic mass is 10.2. The van der Waals surface area contributed by atoms with Gasteiger partial charge in [0.25, 0.3) is 5.91 Å². The molecule has 2 heterocycles. The first-order chi connectivity index (χ1) is 12.7. The highest BCUT2D eigenvalue weighted by Crippen LogP contribution is 2.28. The van der Waals surface area contributed by atoms with Gasteiger partial charge in [-0.05, 0) is 61.2 Å². The summed E-state index contributed by atoms with van der Waals surface area (Å²) >= 11 is 1.36. The van der Waals surface area contributed by atoms with Crippen LogP contribution in [0, 0.1) is 6.92 Å². The zero-order chi connectivity index (χ0) is 17.9. The fraction of sp³-hybridized carbons (Fsp3) is 0.0476. The molecular formula is C21H17N3OS. The molecule has 0 radical (unpaired) electrons. The molecule has 3 aromatic rings. The summed E-state index contributed by atoms with van der Waals surface area (Å²) in [7, 11) is 0. The molecule has 2 aromatic carbocycles. The molecule has 0 atom stereocenters. The van der Waals surface area contributed by atoms with Gasteiger partial charge in [-0.15, -0.1) is 0 Å². The molecule has 26 heavy (non-hydrogen) atoms. The second-order valence-corrected chi connectivity index (χ2v) is 6.99. The Bertz CT molecular complexity index is 1000. The van der Waals surface area contributed by atoms with E-state index in [1.165, 1.54) is 17.3 Å².